The Balaban J connectivity index is 2.31. The Bertz CT molecular complexity index is 161. The molecule has 0 saturated carbocycles. The summed E-state index contributed by atoms with van der Waals surface area (Å²) in [5.41, 5.74) is 0. The molecule has 0 aromatic heterocycles. The van der Waals surface area contributed by atoms with Crippen molar-refractivity contribution in [3.05, 3.63) is 0 Å². The molecule has 14 heavy (non-hydrogen) atoms. The second-order valence-corrected chi connectivity index (χ2v) is 5.66. The molecule has 1 saturated heterocycles. The molecule has 2 nitrogen and oxygen atoms in total. The molecule has 1 atom stereocenters. The van der Waals surface area contributed by atoms with E-state index in [1.807, 2.05) is 13.8 Å². The van der Waals surface area contributed by atoms with E-state index in [0.29, 0.717) is 6.61 Å². The van der Waals surface area contributed by atoms with E-state index < -0.39 is 0 Å². The van der Waals surface area contributed by atoms with Crippen LogP contribution in [0.25, 0.3) is 0 Å². The van der Waals surface area contributed by atoms with Gasteiger partial charge in [-0.1, -0.05) is 6.92 Å². The minimum absolute atomic E-state index is 0.243. The van der Waals surface area contributed by atoms with Crippen molar-refractivity contribution in [3.63, 3.8) is 0 Å². The Morgan fingerprint density at radius 1 is 1.36 bits per heavy atom. The molecular weight excluding hydrogens is 198 g/mol. The molecule has 1 aliphatic rings. The summed E-state index contributed by atoms with van der Waals surface area (Å²) in [4.78, 5) is 2.18. The third kappa shape index (κ3) is 4.16. The number of likely N-dealkylation sites (tertiary alicyclic amines) is 1. The lowest BCUT2D eigenvalue weighted by molar-refractivity contribution is -0.0570. The molecule has 0 radical (unpaired) electrons. The fourth-order valence-corrected chi connectivity index (χ4v) is 1.87. The predicted molar refractivity (Wildman–Crippen MR) is 60.8 cm³/mol. The second-order valence-electron chi connectivity index (χ2n) is 4.64. The molecule has 1 fully saturated rings. The molecule has 3 heteroatoms. The van der Waals surface area contributed by atoms with Crippen molar-refractivity contribution in [2.24, 2.45) is 0 Å². The van der Waals surface area contributed by atoms with E-state index in [1.165, 1.54) is 25.9 Å². The lowest BCUT2D eigenvalue weighted by Crippen LogP contribution is -2.37. The summed E-state index contributed by atoms with van der Waals surface area (Å²) in [5.74, 6) is 0. The van der Waals surface area contributed by atoms with Gasteiger partial charge in [-0.3, -0.25) is 4.90 Å². The van der Waals surface area contributed by atoms with Crippen molar-refractivity contribution in [1.29, 1.82) is 0 Å². The average Bonchev–Trinajstić information content (AvgIpc) is 2.56. The third-order valence-corrected chi connectivity index (χ3v) is 2.63. The van der Waals surface area contributed by atoms with Crippen LogP contribution in [0, 0.1) is 0 Å². The molecule has 0 spiro atoms. The van der Waals surface area contributed by atoms with Crippen molar-refractivity contribution < 1.29 is 4.74 Å². The first-order valence-electron chi connectivity index (χ1n) is 5.57. The van der Waals surface area contributed by atoms with Gasteiger partial charge >= 0.3 is 0 Å². The van der Waals surface area contributed by atoms with E-state index in [0.717, 1.165) is 6.42 Å². The minimum atomic E-state index is -0.243. The number of hydrogen-bond acceptors (Lipinski definition) is 2. The topological polar surface area (TPSA) is 12.5 Å². The van der Waals surface area contributed by atoms with Crippen molar-refractivity contribution >= 4 is 11.6 Å². The highest BCUT2D eigenvalue weighted by Crippen LogP contribution is 2.19. The summed E-state index contributed by atoms with van der Waals surface area (Å²) in [6.07, 6.45) is 3.94. The molecule has 0 bridgehead atoms. The minimum Gasteiger partial charge on any atom is -0.361 e. The highest BCUT2D eigenvalue weighted by atomic mass is 35.5. The van der Waals surface area contributed by atoms with Gasteiger partial charge in [0.2, 0.25) is 0 Å². The van der Waals surface area contributed by atoms with Gasteiger partial charge in [0.25, 0.3) is 0 Å². The van der Waals surface area contributed by atoms with Crippen LogP contribution in [0.5, 0.6) is 0 Å². The summed E-state index contributed by atoms with van der Waals surface area (Å²) in [7, 11) is 0. The van der Waals surface area contributed by atoms with Gasteiger partial charge in [0.15, 0.2) is 0 Å². The summed E-state index contributed by atoms with van der Waals surface area (Å²) in [6, 6.07) is 0. The lowest BCUT2D eigenvalue weighted by Gasteiger charge is -2.29. The molecule has 0 aromatic rings. The Morgan fingerprint density at radius 3 is 2.36 bits per heavy atom. The van der Waals surface area contributed by atoms with E-state index in [9.17, 15) is 0 Å². The number of hydrogen-bond donors (Lipinski definition) is 0. The van der Waals surface area contributed by atoms with Crippen molar-refractivity contribution in [1.82, 2.24) is 4.90 Å². The van der Waals surface area contributed by atoms with Crippen molar-refractivity contribution in [2.45, 2.75) is 51.1 Å². The van der Waals surface area contributed by atoms with E-state index in [2.05, 4.69) is 11.8 Å². The lowest BCUT2D eigenvalue weighted by atomic mass is 10.2. The quantitative estimate of drug-likeness (QED) is 0.660. The molecule has 1 rings (SSSR count). The van der Waals surface area contributed by atoms with Gasteiger partial charge in [-0.05, 0) is 33.1 Å². The summed E-state index contributed by atoms with van der Waals surface area (Å²) in [6.45, 7) is 9.15. The van der Waals surface area contributed by atoms with Gasteiger partial charge in [0.05, 0.1) is 11.5 Å². The van der Waals surface area contributed by atoms with Gasteiger partial charge in [-0.15, -0.1) is 11.6 Å². The molecule has 1 aliphatic heterocycles. The fraction of sp³-hybridized carbons (Fsp3) is 1.00. The largest absolute Gasteiger partial charge is 0.361 e. The Hall–Kier alpha value is 0.210. The molecule has 1 unspecified atom stereocenters. The van der Waals surface area contributed by atoms with Crippen molar-refractivity contribution in [2.75, 3.05) is 19.7 Å². The molecule has 0 amide bonds. The van der Waals surface area contributed by atoms with E-state index in [4.69, 9.17) is 16.3 Å². The maximum absolute atomic E-state index is 6.10. The first kappa shape index (κ1) is 12.3. The van der Waals surface area contributed by atoms with Crippen LogP contribution in [0.4, 0.5) is 0 Å². The smallest absolute Gasteiger partial charge is 0.110 e. The molecule has 84 valence electrons. The molecule has 0 aliphatic carbocycles. The number of rotatable bonds is 5. The van der Waals surface area contributed by atoms with Gasteiger partial charge in [0, 0.05) is 13.1 Å². The first-order chi connectivity index (χ1) is 6.53. The predicted octanol–water partition coefficient (Wildman–Crippen LogP) is 2.85. The SMILES string of the molecule is CCC(OCC(C)(C)Cl)N1CCCC1. The zero-order chi connectivity index (χ0) is 10.6. The Kier molecular flexibility index (Phi) is 4.68. The zero-order valence-corrected chi connectivity index (χ0v) is 10.3. The van der Waals surface area contributed by atoms with Crippen LogP contribution in [0.15, 0.2) is 0 Å². The standard InChI is InChI=1S/C11H22ClNO/c1-4-10(13-7-5-6-8-13)14-9-11(2,3)12/h10H,4-9H2,1-3H3. The number of nitrogens with zero attached hydrogens (tertiary/aromatic N) is 1. The highest BCUT2D eigenvalue weighted by molar-refractivity contribution is 6.23. The second kappa shape index (κ2) is 5.34. The van der Waals surface area contributed by atoms with Crippen LogP contribution in [-0.4, -0.2) is 35.7 Å². The summed E-state index contributed by atoms with van der Waals surface area (Å²) >= 11 is 6.10. The van der Waals surface area contributed by atoms with Crippen LogP contribution >= 0.6 is 11.6 Å². The van der Waals surface area contributed by atoms with Crippen LogP contribution in [-0.2, 0) is 4.74 Å². The van der Waals surface area contributed by atoms with Crippen LogP contribution in [0.3, 0.4) is 0 Å². The van der Waals surface area contributed by atoms with Crippen LogP contribution in [0.2, 0.25) is 0 Å². The van der Waals surface area contributed by atoms with E-state index >= 15 is 0 Å². The molecular formula is C11H22ClNO. The van der Waals surface area contributed by atoms with Crippen LogP contribution < -0.4 is 0 Å². The van der Waals surface area contributed by atoms with Gasteiger partial charge in [0.1, 0.15) is 6.23 Å². The Labute approximate surface area is 92.6 Å². The van der Waals surface area contributed by atoms with Gasteiger partial charge in [-0.25, -0.2) is 0 Å². The maximum Gasteiger partial charge on any atom is 0.110 e. The third-order valence-electron chi connectivity index (χ3n) is 2.52. The Morgan fingerprint density at radius 2 is 1.93 bits per heavy atom. The highest BCUT2D eigenvalue weighted by Gasteiger charge is 2.23. The number of halogens is 1. The van der Waals surface area contributed by atoms with Crippen molar-refractivity contribution in [3.8, 4) is 0 Å². The summed E-state index contributed by atoms with van der Waals surface area (Å²) in [5, 5.41) is 0. The zero-order valence-electron chi connectivity index (χ0n) is 9.55. The average molecular weight is 220 g/mol. The summed E-state index contributed by atoms with van der Waals surface area (Å²) < 4.78 is 5.83. The number of ether oxygens (including phenoxy) is 1. The number of alkyl halides is 1. The maximum atomic E-state index is 6.10. The van der Waals surface area contributed by atoms with E-state index in [1.54, 1.807) is 0 Å². The monoisotopic (exact) mass is 219 g/mol. The fourth-order valence-electron chi connectivity index (χ4n) is 1.81. The van der Waals surface area contributed by atoms with Gasteiger partial charge < -0.3 is 4.74 Å². The molecule has 0 aromatic carbocycles. The van der Waals surface area contributed by atoms with E-state index in [-0.39, 0.29) is 11.1 Å². The van der Waals surface area contributed by atoms with Gasteiger partial charge in [-0.2, -0.15) is 0 Å². The first-order valence-corrected chi connectivity index (χ1v) is 5.95. The molecule has 0 N–H and O–H groups in total. The normalized spacial score (nSPS) is 21.4. The van der Waals surface area contributed by atoms with Crippen LogP contribution in [0.1, 0.15) is 40.0 Å². The molecule has 1 heterocycles.